The lowest BCUT2D eigenvalue weighted by atomic mass is 10.4. The second-order valence-corrected chi connectivity index (χ2v) is 3.84. The maximum atomic E-state index is 12.4. The van der Waals surface area contributed by atoms with Crippen LogP contribution in [-0.4, -0.2) is 20.9 Å². The van der Waals surface area contributed by atoms with Gasteiger partial charge in [0.25, 0.3) is 5.56 Å². The highest BCUT2D eigenvalue weighted by Gasteiger charge is 2.33. The van der Waals surface area contributed by atoms with E-state index >= 15 is 0 Å². The summed E-state index contributed by atoms with van der Waals surface area (Å²) in [5, 5.41) is 3.20. The zero-order valence-corrected chi connectivity index (χ0v) is 8.82. The van der Waals surface area contributed by atoms with E-state index in [0.717, 1.165) is 4.52 Å². The van der Waals surface area contributed by atoms with Crippen molar-refractivity contribution in [2.24, 2.45) is 0 Å². The Kier molecular flexibility index (Phi) is 2.45. The molecule has 8 heteroatoms. The second kappa shape index (κ2) is 3.55. The van der Waals surface area contributed by atoms with Crippen LogP contribution < -0.4 is 5.56 Å². The van der Waals surface area contributed by atoms with Gasteiger partial charge in [0.15, 0.2) is 11.3 Å². The summed E-state index contributed by atoms with van der Waals surface area (Å²) in [4.78, 5) is 14.7. The van der Waals surface area contributed by atoms with E-state index in [2.05, 4.69) is 10.1 Å². The Morgan fingerprint density at radius 3 is 2.69 bits per heavy atom. The summed E-state index contributed by atoms with van der Waals surface area (Å²) in [7, 11) is 0. The number of rotatable bonds is 1. The van der Waals surface area contributed by atoms with Crippen LogP contribution in [0.15, 0.2) is 22.0 Å². The fourth-order valence-electron chi connectivity index (χ4n) is 1.22. The molecule has 0 unspecified atom stereocenters. The molecule has 0 atom stereocenters. The molecule has 2 aromatic heterocycles. The molecule has 0 saturated heterocycles. The maximum absolute atomic E-state index is 12.4. The van der Waals surface area contributed by atoms with Gasteiger partial charge in [-0.1, -0.05) is 0 Å². The first-order chi connectivity index (χ1) is 7.41. The van der Waals surface area contributed by atoms with Gasteiger partial charge in [-0.15, -0.1) is 11.8 Å². The van der Waals surface area contributed by atoms with E-state index in [9.17, 15) is 18.0 Å². The lowest BCUT2D eigenvalue weighted by molar-refractivity contribution is -0.141. The summed E-state index contributed by atoms with van der Waals surface area (Å²) in [5.41, 5.74) is -1.99. The van der Waals surface area contributed by atoms with Gasteiger partial charge in [-0.25, -0.2) is 9.50 Å². The molecule has 0 bridgehead atoms. The summed E-state index contributed by atoms with van der Waals surface area (Å²) in [6, 6.07) is 1.86. The first-order valence-electron chi connectivity index (χ1n) is 4.16. The minimum Gasteiger partial charge on any atom is -0.283 e. The van der Waals surface area contributed by atoms with E-state index < -0.39 is 17.4 Å². The molecular weight excluding hydrogens is 243 g/mol. The summed E-state index contributed by atoms with van der Waals surface area (Å²) in [5.74, 6) is 0. The molecule has 0 aliphatic rings. The second-order valence-electron chi connectivity index (χ2n) is 3.00. The summed E-state index contributed by atoms with van der Waals surface area (Å²) in [6.07, 6.45) is -2.87. The average Bonchev–Trinajstić information content (AvgIpc) is 2.59. The molecule has 0 radical (unpaired) electrons. The van der Waals surface area contributed by atoms with Crippen molar-refractivity contribution < 1.29 is 13.2 Å². The summed E-state index contributed by atoms with van der Waals surface area (Å²) >= 11 is 1.28. The molecule has 2 aromatic rings. The van der Waals surface area contributed by atoms with Gasteiger partial charge in [0.05, 0.1) is 5.03 Å². The van der Waals surface area contributed by atoms with Crippen LogP contribution in [0.4, 0.5) is 13.2 Å². The van der Waals surface area contributed by atoms with Crippen LogP contribution in [0.3, 0.4) is 0 Å². The van der Waals surface area contributed by atoms with Crippen molar-refractivity contribution in [3.8, 4) is 0 Å². The third-order valence-corrected chi connectivity index (χ3v) is 2.59. The number of fused-ring (bicyclic) bond motifs is 1. The van der Waals surface area contributed by atoms with Crippen molar-refractivity contribution in [3.05, 3.63) is 28.2 Å². The number of alkyl halides is 3. The van der Waals surface area contributed by atoms with Gasteiger partial charge in [0.1, 0.15) is 0 Å². The van der Waals surface area contributed by atoms with Crippen molar-refractivity contribution in [1.29, 1.82) is 0 Å². The van der Waals surface area contributed by atoms with Crippen LogP contribution in [-0.2, 0) is 6.18 Å². The zero-order valence-electron chi connectivity index (χ0n) is 8.00. The third-order valence-electron chi connectivity index (χ3n) is 1.94. The first-order valence-corrected chi connectivity index (χ1v) is 5.38. The van der Waals surface area contributed by atoms with Crippen LogP contribution in [0.1, 0.15) is 5.69 Å². The summed E-state index contributed by atoms with van der Waals surface area (Å²) < 4.78 is 38.0. The molecule has 1 N–H and O–H groups in total. The number of H-pyrrole nitrogens is 1. The van der Waals surface area contributed by atoms with E-state index in [4.69, 9.17) is 0 Å². The molecule has 0 fully saturated rings. The fourth-order valence-corrected chi connectivity index (χ4v) is 1.62. The Morgan fingerprint density at radius 2 is 2.12 bits per heavy atom. The number of halogens is 3. The lowest BCUT2D eigenvalue weighted by Gasteiger charge is -2.04. The number of aromatic amines is 1. The minimum absolute atomic E-state index is 0.0378. The van der Waals surface area contributed by atoms with Crippen LogP contribution in [0.2, 0.25) is 0 Å². The van der Waals surface area contributed by atoms with E-state index in [1.54, 1.807) is 6.26 Å². The quantitative estimate of drug-likeness (QED) is 0.783. The first kappa shape index (κ1) is 11.1. The van der Waals surface area contributed by atoms with Crippen LogP contribution in [0.5, 0.6) is 0 Å². The Hall–Kier alpha value is -1.44. The molecule has 0 saturated carbocycles. The van der Waals surface area contributed by atoms with E-state index in [1.807, 2.05) is 0 Å². The standard InChI is InChI=1S/C8H6F3N3OS/c1-16-6-3-5-12-4(8(9,10)11)2-7(15)14(5)13-6/h2-3,13H,1H3. The highest BCUT2D eigenvalue weighted by atomic mass is 32.2. The van der Waals surface area contributed by atoms with Crippen molar-refractivity contribution in [2.75, 3.05) is 6.26 Å². The number of hydrogen-bond acceptors (Lipinski definition) is 3. The highest BCUT2D eigenvalue weighted by Crippen LogP contribution is 2.27. The van der Waals surface area contributed by atoms with Crippen molar-refractivity contribution in [3.63, 3.8) is 0 Å². The smallest absolute Gasteiger partial charge is 0.283 e. The number of hydrogen-bond donors (Lipinski definition) is 1. The fraction of sp³-hybridized carbons (Fsp3) is 0.250. The van der Waals surface area contributed by atoms with Crippen molar-refractivity contribution in [2.45, 2.75) is 11.2 Å². The van der Waals surface area contributed by atoms with E-state index in [-0.39, 0.29) is 5.65 Å². The van der Waals surface area contributed by atoms with Crippen LogP contribution in [0.25, 0.3) is 5.65 Å². The Bertz CT molecular complexity index is 586. The third kappa shape index (κ3) is 1.80. The largest absolute Gasteiger partial charge is 0.433 e. The Labute approximate surface area is 91.5 Å². The molecule has 0 aromatic carbocycles. The van der Waals surface area contributed by atoms with Gasteiger partial charge in [-0.3, -0.25) is 9.89 Å². The molecule has 0 aliphatic heterocycles. The molecule has 86 valence electrons. The van der Waals surface area contributed by atoms with Crippen LogP contribution in [0, 0.1) is 0 Å². The molecule has 0 spiro atoms. The summed E-state index contributed by atoms with van der Waals surface area (Å²) in [6.45, 7) is 0. The number of nitrogens with zero attached hydrogens (tertiary/aromatic N) is 2. The van der Waals surface area contributed by atoms with Gasteiger partial charge in [0, 0.05) is 12.1 Å². The predicted octanol–water partition coefficient (Wildman–Crippen LogP) is 1.76. The van der Waals surface area contributed by atoms with Gasteiger partial charge in [0.2, 0.25) is 0 Å². The van der Waals surface area contributed by atoms with Gasteiger partial charge < -0.3 is 0 Å². The van der Waals surface area contributed by atoms with Gasteiger partial charge in [-0.2, -0.15) is 13.2 Å². The van der Waals surface area contributed by atoms with Crippen LogP contribution >= 0.6 is 11.8 Å². The van der Waals surface area contributed by atoms with Gasteiger partial charge >= 0.3 is 6.18 Å². The SMILES string of the molecule is CSc1cc2nc(C(F)(F)F)cc(=O)n2[nH]1. The van der Waals surface area contributed by atoms with E-state index in [1.165, 1.54) is 17.8 Å². The lowest BCUT2D eigenvalue weighted by Crippen LogP contribution is -2.19. The number of thioether (sulfide) groups is 1. The molecule has 2 heterocycles. The molecule has 2 rings (SSSR count). The highest BCUT2D eigenvalue weighted by molar-refractivity contribution is 7.98. The maximum Gasteiger partial charge on any atom is 0.433 e. The van der Waals surface area contributed by atoms with E-state index in [0.29, 0.717) is 11.1 Å². The normalized spacial score (nSPS) is 12.2. The zero-order chi connectivity index (χ0) is 11.9. The number of aromatic nitrogens is 3. The molecule has 0 aliphatic carbocycles. The minimum atomic E-state index is -4.61. The van der Waals surface area contributed by atoms with Crippen molar-refractivity contribution in [1.82, 2.24) is 14.6 Å². The average molecular weight is 249 g/mol. The van der Waals surface area contributed by atoms with Gasteiger partial charge in [-0.05, 0) is 6.26 Å². The molecular formula is C8H6F3N3OS. The Morgan fingerprint density at radius 1 is 1.44 bits per heavy atom. The predicted molar refractivity (Wildman–Crippen MR) is 52.6 cm³/mol. The molecule has 16 heavy (non-hydrogen) atoms. The topological polar surface area (TPSA) is 50.2 Å². The van der Waals surface area contributed by atoms with Crippen molar-refractivity contribution >= 4 is 17.4 Å². The Balaban J connectivity index is 2.72. The molecule has 0 amide bonds. The monoisotopic (exact) mass is 249 g/mol. The number of nitrogens with one attached hydrogen (secondary N) is 1. The molecule has 4 nitrogen and oxygen atoms in total.